The number of carbonyl (C=O) groups excluding carboxylic acids is 1. The predicted octanol–water partition coefficient (Wildman–Crippen LogP) is 4.12. The summed E-state index contributed by atoms with van der Waals surface area (Å²) in [5.41, 5.74) is -0.387. The summed E-state index contributed by atoms with van der Waals surface area (Å²) in [5.74, 6) is 1.28. The Kier molecular flexibility index (Phi) is 5.51. The highest BCUT2D eigenvalue weighted by molar-refractivity contribution is 6.18. The maximum atomic E-state index is 12.7. The summed E-state index contributed by atoms with van der Waals surface area (Å²) in [6, 6.07) is 0. The van der Waals surface area contributed by atoms with Crippen LogP contribution in [0.2, 0.25) is 0 Å². The van der Waals surface area contributed by atoms with Crippen molar-refractivity contribution in [2.45, 2.75) is 71.8 Å². The van der Waals surface area contributed by atoms with Gasteiger partial charge in [-0.25, -0.2) is 0 Å². The zero-order valence-corrected chi connectivity index (χ0v) is 13.1. The van der Waals surface area contributed by atoms with Crippen molar-refractivity contribution in [3.8, 4) is 0 Å². The van der Waals surface area contributed by atoms with Crippen molar-refractivity contribution < 1.29 is 4.79 Å². The van der Waals surface area contributed by atoms with E-state index in [9.17, 15) is 4.79 Å². The molecule has 0 saturated heterocycles. The average molecular weight is 274 g/mol. The molecule has 0 aromatic rings. The van der Waals surface area contributed by atoms with Crippen LogP contribution < -0.4 is 5.32 Å². The first-order valence-corrected chi connectivity index (χ1v) is 7.79. The molecule has 2 nitrogen and oxygen atoms in total. The number of hydrogen-bond donors (Lipinski definition) is 1. The number of rotatable bonds is 6. The molecule has 0 spiro atoms. The Bertz CT molecular complexity index is 278. The summed E-state index contributed by atoms with van der Waals surface area (Å²) in [4.78, 5) is 12.7. The molecule has 0 aromatic heterocycles. The minimum absolute atomic E-state index is 0.128. The van der Waals surface area contributed by atoms with Crippen LogP contribution in [0.5, 0.6) is 0 Å². The highest BCUT2D eigenvalue weighted by Crippen LogP contribution is 2.43. The minimum atomic E-state index is -0.259. The predicted molar refractivity (Wildman–Crippen MR) is 77.9 cm³/mol. The quantitative estimate of drug-likeness (QED) is 0.725. The first kappa shape index (κ1) is 15.8. The van der Waals surface area contributed by atoms with E-state index in [0.29, 0.717) is 11.8 Å². The van der Waals surface area contributed by atoms with Gasteiger partial charge in [0.05, 0.1) is 5.54 Å². The van der Waals surface area contributed by atoms with Crippen LogP contribution in [0, 0.1) is 11.3 Å². The second-order valence-electron chi connectivity index (χ2n) is 6.59. The van der Waals surface area contributed by atoms with Gasteiger partial charge in [-0.1, -0.05) is 33.6 Å². The first-order chi connectivity index (χ1) is 8.37. The fraction of sp³-hybridized carbons (Fsp3) is 0.933. The molecule has 0 radical (unpaired) electrons. The molecule has 1 amide bonds. The van der Waals surface area contributed by atoms with Crippen molar-refractivity contribution >= 4 is 17.5 Å². The molecule has 106 valence electrons. The lowest BCUT2D eigenvalue weighted by molar-refractivity contribution is -0.133. The third-order valence-electron chi connectivity index (χ3n) is 4.33. The van der Waals surface area contributed by atoms with E-state index in [1.165, 1.54) is 12.8 Å². The van der Waals surface area contributed by atoms with E-state index >= 15 is 0 Å². The van der Waals surface area contributed by atoms with Crippen molar-refractivity contribution in [1.29, 1.82) is 0 Å². The van der Waals surface area contributed by atoms with Gasteiger partial charge in [-0.3, -0.25) is 4.79 Å². The molecular weight excluding hydrogens is 246 g/mol. The van der Waals surface area contributed by atoms with Gasteiger partial charge in [0.2, 0.25) is 5.91 Å². The van der Waals surface area contributed by atoms with E-state index in [0.717, 1.165) is 25.7 Å². The fourth-order valence-electron chi connectivity index (χ4n) is 2.98. The Balaban J connectivity index is 2.78. The van der Waals surface area contributed by atoms with Gasteiger partial charge in [0.1, 0.15) is 0 Å². The number of hydrogen-bond acceptors (Lipinski definition) is 1. The van der Waals surface area contributed by atoms with Crippen molar-refractivity contribution in [3.63, 3.8) is 0 Å². The number of nitrogens with one attached hydrogen (secondary N) is 1. The van der Waals surface area contributed by atoms with E-state index in [1.54, 1.807) is 0 Å². The van der Waals surface area contributed by atoms with Crippen LogP contribution in [0.15, 0.2) is 0 Å². The van der Waals surface area contributed by atoms with Gasteiger partial charge < -0.3 is 5.32 Å². The maximum absolute atomic E-state index is 12.7. The Morgan fingerprint density at radius 3 is 2.33 bits per heavy atom. The van der Waals surface area contributed by atoms with Crippen LogP contribution >= 0.6 is 11.6 Å². The Morgan fingerprint density at radius 2 is 1.94 bits per heavy atom. The van der Waals surface area contributed by atoms with E-state index in [2.05, 4.69) is 26.1 Å². The monoisotopic (exact) mass is 273 g/mol. The SMILES string of the molecule is CCC(C)(CCl)NC(=O)C1(CC(C)C)CCCC1. The molecule has 0 aliphatic heterocycles. The van der Waals surface area contributed by atoms with Crippen LogP contribution in [0.4, 0.5) is 0 Å². The maximum Gasteiger partial charge on any atom is 0.226 e. The third kappa shape index (κ3) is 3.63. The molecule has 0 aromatic carbocycles. The average Bonchev–Trinajstić information content (AvgIpc) is 2.77. The molecule has 1 aliphatic rings. The van der Waals surface area contributed by atoms with E-state index in [-0.39, 0.29) is 16.9 Å². The zero-order valence-electron chi connectivity index (χ0n) is 12.3. The first-order valence-electron chi connectivity index (χ1n) is 7.26. The lowest BCUT2D eigenvalue weighted by Crippen LogP contribution is -2.52. The van der Waals surface area contributed by atoms with Crippen LogP contribution in [0.25, 0.3) is 0 Å². The summed E-state index contributed by atoms with van der Waals surface area (Å²) in [7, 11) is 0. The van der Waals surface area contributed by atoms with Gasteiger partial charge in [0.15, 0.2) is 0 Å². The highest BCUT2D eigenvalue weighted by atomic mass is 35.5. The second kappa shape index (κ2) is 6.27. The minimum Gasteiger partial charge on any atom is -0.349 e. The fourth-order valence-corrected chi connectivity index (χ4v) is 3.24. The Labute approximate surface area is 117 Å². The normalized spacial score (nSPS) is 21.9. The van der Waals surface area contributed by atoms with Gasteiger partial charge >= 0.3 is 0 Å². The summed E-state index contributed by atoms with van der Waals surface area (Å²) in [5, 5.41) is 3.21. The van der Waals surface area contributed by atoms with Gasteiger partial charge in [-0.05, 0) is 38.5 Å². The third-order valence-corrected chi connectivity index (χ3v) is 4.92. The largest absolute Gasteiger partial charge is 0.349 e. The van der Waals surface area contributed by atoms with E-state index < -0.39 is 0 Å². The summed E-state index contributed by atoms with van der Waals surface area (Å²) in [6.07, 6.45) is 6.33. The number of amides is 1. The smallest absolute Gasteiger partial charge is 0.226 e. The zero-order chi connectivity index (χ0) is 13.8. The molecule has 18 heavy (non-hydrogen) atoms. The van der Waals surface area contributed by atoms with Crippen molar-refractivity contribution in [2.75, 3.05) is 5.88 Å². The Morgan fingerprint density at radius 1 is 1.39 bits per heavy atom. The van der Waals surface area contributed by atoms with E-state index in [4.69, 9.17) is 11.6 Å². The molecule has 3 heteroatoms. The van der Waals surface area contributed by atoms with E-state index in [1.807, 2.05) is 6.92 Å². The van der Waals surface area contributed by atoms with Gasteiger partial charge in [-0.2, -0.15) is 0 Å². The molecule has 1 N–H and O–H groups in total. The standard InChI is InChI=1S/C15H28ClNO/c1-5-14(4,11-16)17-13(18)15(10-12(2)3)8-6-7-9-15/h12H,5-11H2,1-4H3,(H,17,18). The molecule has 1 saturated carbocycles. The molecule has 1 unspecified atom stereocenters. The molecular formula is C15H28ClNO. The van der Waals surface area contributed by atoms with Gasteiger partial charge in [-0.15, -0.1) is 11.6 Å². The molecule has 0 bridgehead atoms. The van der Waals surface area contributed by atoms with Crippen molar-refractivity contribution in [3.05, 3.63) is 0 Å². The van der Waals surface area contributed by atoms with Crippen molar-refractivity contribution in [2.24, 2.45) is 11.3 Å². The van der Waals surface area contributed by atoms with Crippen LogP contribution in [0.3, 0.4) is 0 Å². The highest BCUT2D eigenvalue weighted by Gasteiger charge is 2.43. The Hall–Kier alpha value is -0.240. The summed E-state index contributed by atoms with van der Waals surface area (Å²) < 4.78 is 0. The summed E-state index contributed by atoms with van der Waals surface area (Å²) >= 11 is 6.00. The lowest BCUT2D eigenvalue weighted by Gasteiger charge is -2.35. The van der Waals surface area contributed by atoms with Crippen LogP contribution in [-0.2, 0) is 4.79 Å². The molecule has 1 fully saturated rings. The van der Waals surface area contributed by atoms with Crippen LogP contribution in [0.1, 0.15) is 66.2 Å². The van der Waals surface area contributed by atoms with Gasteiger partial charge in [0.25, 0.3) is 0 Å². The van der Waals surface area contributed by atoms with Gasteiger partial charge in [0, 0.05) is 11.3 Å². The van der Waals surface area contributed by atoms with Crippen LogP contribution in [-0.4, -0.2) is 17.3 Å². The molecule has 0 heterocycles. The second-order valence-corrected chi connectivity index (χ2v) is 6.85. The number of halogens is 1. The molecule has 1 atom stereocenters. The number of carbonyl (C=O) groups is 1. The topological polar surface area (TPSA) is 29.1 Å². The molecule has 1 aliphatic carbocycles. The summed E-state index contributed by atoms with van der Waals surface area (Å²) in [6.45, 7) is 8.52. The number of alkyl halides is 1. The lowest BCUT2D eigenvalue weighted by atomic mass is 9.77. The van der Waals surface area contributed by atoms with Crippen molar-refractivity contribution in [1.82, 2.24) is 5.32 Å². The molecule has 1 rings (SSSR count).